The van der Waals surface area contributed by atoms with Crippen molar-refractivity contribution in [1.29, 1.82) is 0 Å². The van der Waals surface area contributed by atoms with Crippen molar-refractivity contribution in [2.75, 3.05) is 19.8 Å². The van der Waals surface area contributed by atoms with Gasteiger partial charge in [-0.15, -0.1) is 0 Å². The van der Waals surface area contributed by atoms with Crippen LogP contribution in [0.1, 0.15) is 10.4 Å². The number of carbonyl (C=O) groups is 1. The summed E-state index contributed by atoms with van der Waals surface area (Å²) in [6.45, 7) is -0.161. The maximum absolute atomic E-state index is 13.7. The van der Waals surface area contributed by atoms with E-state index in [2.05, 4.69) is 5.32 Å². The number of rotatable bonds is 4. The number of hydrogen-bond donors (Lipinski definition) is 1. The zero-order chi connectivity index (χ0) is 13.2. The molecule has 0 heterocycles. The fraction of sp³-hybridized carbons (Fsp3) is 0.300. The Morgan fingerprint density at radius 1 is 1.35 bits per heavy atom. The van der Waals surface area contributed by atoms with Crippen molar-refractivity contribution in [3.05, 3.63) is 29.3 Å². The molecule has 1 rings (SSSR count). The molecular formula is C10H11F2NO3S. The van der Waals surface area contributed by atoms with Crippen LogP contribution in [-0.4, -0.2) is 34.0 Å². The highest BCUT2D eigenvalue weighted by molar-refractivity contribution is 7.90. The van der Waals surface area contributed by atoms with Crippen LogP contribution in [0.2, 0.25) is 0 Å². The SMILES string of the molecule is CNCC(=O)c1ccc(F)c(S(C)(=O)=O)c1F. The van der Waals surface area contributed by atoms with Crippen LogP contribution < -0.4 is 5.32 Å². The molecule has 0 unspecified atom stereocenters. The van der Waals surface area contributed by atoms with E-state index in [4.69, 9.17) is 0 Å². The lowest BCUT2D eigenvalue weighted by Gasteiger charge is -2.07. The van der Waals surface area contributed by atoms with Crippen molar-refractivity contribution in [3.8, 4) is 0 Å². The molecule has 1 aromatic carbocycles. The van der Waals surface area contributed by atoms with Crippen molar-refractivity contribution in [3.63, 3.8) is 0 Å². The summed E-state index contributed by atoms with van der Waals surface area (Å²) >= 11 is 0. The van der Waals surface area contributed by atoms with Gasteiger partial charge in [0.1, 0.15) is 10.7 Å². The Labute approximate surface area is 97.6 Å². The first kappa shape index (κ1) is 13.7. The number of benzene rings is 1. The Bertz CT molecular complexity index is 555. The molecule has 0 aliphatic rings. The van der Waals surface area contributed by atoms with E-state index in [-0.39, 0.29) is 6.54 Å². The van der Waals surface area contributed by atoms with Gasteiger partial charge in [-0.1, -0.05) is 0 Å². The molecule has 0 spiro atoms. The average Bonchev–Trinajstić information content (AvgIpc) is 2.15. The normalized spacial score (nSPS) is 11.5. The van der Waals surface area contributed by atoms with E-state index in [1.807, 2.05) is 0 Å². The van der Waals surface area contributed by atoms with Gasteiger partial charge in [-0.05, 0) is 19.2 Å². The van der Waals surface area contributed by atoms with E-state index in [0.717, 1.165) is 12.1 Å². The number of halogens is 2. The summed E-state index contributed by atoms with van der Waals surface area (Å²) in [6.07, 6.45) is 0.681. The molecule has 0 bridgehead atoms. The highest BCUT2D eigenvalue weighted by Crippen LogP contribution is 2.22. The Morgan fingerprint density at radius 3 is 2.41 bits per heavy atom. The van der Waals surface area contributed by atoms with Crippen LogP contribution in [0.4, 0.5) is 8.78 Å². The molecule has 1 N–H and O–H groups in total. The third kappa shape index (κ3) is 2.86. The zero-order valence-electron chi connectivity index (χ0n) is 9.25. The van der Waals surface area contributed by atoms with Crippen LogP contribution >= 0.6 is 0 Å². The Balaban J connectivity index is 3.45. The van der Waals surface area contributed by atoms with Gasteiger partial charge in [0.2, 0.25) is 0 Å². The standard InChI is InChI=1S/C10H11F2NO3S/c1-13-5-8(14)6-3-4-7(11)10(9(6)12)17(2,15)16/h3-4,13H,5H2,1-2H3. The number of Topliss-reactive ketones (excluding diaryl/α,β-unsaturated/α-hetero) is 1. The molecule has 94 valence electrons. The molecule has 7 heteroatoms. The largest absolute Gasteiger partial charge is 0.313 e. The highest BCUT2D eigenvalue weighted by Gasteiger charge is 2.24. The predicted molar refractivity (Wildman–Crippen MR) is 57.7 cm³/mol. The minimum atomic E-state index is -4.06. The maximum Gasteiger partial charge on any atom is 0.181 e. The first-order valence-electron chi connectivity index (χ1n) is 4.65. The monoisotopic (exact) mass is 263 g/mol. The van der Waals surface area contributed by atoms with Gasteiger partial charge in [0.25, 0.3) is 0 Å². The van der Waals surface area contributed by atoms with E-state index < -0.39 is 37.7 Å². The molecule has 0 aliphatic heterocycles. The summed E-state index contributed by atoms with van der Waals surface area (Å²) in [4.78, 5) is 10.4. The fourth-order valence-electron chi connectivity index (χ4n) is 1.34. The molecule has 17 heavy (non-hydrogen) atoms. The predicted octanol–water partition coefficient (Wildman–Crippen LogP) is 0.770. The quantitative estimate of drug-likeness (QED) is 0.815. The Morgan fingerprint density at radius 2 is 1.94 bits per heavy atom. The summed E-state index contributed by atoms with van der Waals surface area (Å²) < 4.78 is 49.4. The summed E-state index contributed by atoms with van der Waals surface area (Å²) in [6, 6.07) is 1.70. The van der Waals surface area contributed by atoms with E-state index >= 15 is 0 Å². The minimum absolute atomic E-state index is 0.161. The van der Waals surface area contributed by atoms with Gasteiger partial charge >= 0.3 is 0 Å². The fourth-order valence-corrected chi connectivity index (χ4v) is 2.20. The zero-order valence-corrected chi connectivity index (χ0v) is 10.1. The molecule has 0 saturated heterocycles. The summed E-state index contributed by atoms with van der Waals surface area (Å²) in [5.74, 6) is -3.19. The first-order chi connectivity index (χ1) is 7.79. The number of carbonyl (C=O) groups excluding carboxylic acids is 1. The molecule has 0 amide bonds. The number of hydrogen-bond acceptors (Lipinski definition) is 4. The van der Waals surface area contributed by atoms with Gasteiger partial charge in [-0.25, -0.2) is 17.2 Å². The van der Waals surface area contributed by atoms with Crippen molar-refractivity contribution >= 4 is 15.6 Å². The van der Waals surface area contributed by atoms with Gasteiger partial charge in [-0.3, -0.25) is 4.79 Å². The Kier molecular flexibility index (Phi) is 3.94. The van der Waals surface area contributed by atoms with Crippen LogP contribution in [0.15, 0.2) is 17.0 Å². The number of nitrogens with one attached hydrogen (secondary N) is 1. The van der Waals surface area contributed by atoms with Gasteiger partial charge in [0, 0.05) is 6.26 Å². The molecular weight excluding hydrogens is 252 g/mol. The second-order valence-electron chi connectivity index (χ2n) is 3.46. The van der Waals surface area contributed by atoms with Crippen molar-refractivity contribution in [2.24, 2.45) is 0 Å². The molecule has 0 aliphatic carbocycles. The Hall–Kier alpha value is -1.34. The smallest absolute Gasteiger partial charge is 0.181 e. The lowest BCUT2D eigenvalue weighted by atomic mass is 10.1. The second kappa shape index (κ2) is 4.89. The molecule has 0 saturated carbocycles. The van der Waals surface area contributed by atoms with E-state index in [9.17, 15) is 22.0 Å². The van der Waals surface area contributed by atoms with E-state index in [0.29, 0.717) is 6.26 Å². The minimum Gasteiger partial charge on any atom is -0.313 e. The molecule has 1 aromatic rings. The summed E-state index contributed by atoms with van der Waals surface area (Å²) in [5.41, 5.74) is -0.443. The van der Waals surface area contributed by atoms with Gasteiger partial charge in [-0.2, -0.15) is 0 Å². The first-order valence-corrected chi connectivity index (χ1v) is 6.54. The third-order valence-corrected chi connectivity index (χ3v) is 3.17. The van der Waals surface area contributed by atoms with Gasteiger partial charge in [0.05, 0.1) is 12.1 Å². The van der Waals surface area contributed by atoms with Gasteiger partial charge in [0.15, 0.2) is 21.4 Å². The van der Waals surface area contributed by atoms with Crippen LogP contribution in [0.5, 0.6) is 0 Å². The van der Waals surface area contributed by atoms with Crippen molar-refractivity contribution in [2.45, 2.75) is 4.90 Å². The summed E-state index contributed by atoms with van der Waals surface area (Å²) in [5, 5.41) is 2.51. The van der Waals surface area contributed by atoms with Crippen LogP contribution in [0.25, 0.3) is 0 Å². The van der Waals surface area contributed by atoms with E-state index in [1.165, 1.54) is 7.05 Å². The average molecular weight is 263 g/mol. The van der Waals surface area contributed by atoms with Gasteiger partial charge < -0.3 is 5.32 Å². The second-order valence-corrected chi connectivity index (χ2v) is 5.42. The highest BCUT2D eigenvalue weighted by atomic mass is 32.2. The number of sulfone groups is 1. The topological polar surface area (TPSA) is 63.2 Å². The number of ketones is 1. The van der Waals surface area contributed by atoms with Crippen LogP contribution in [0, 0.1) is 11.6 Å². The molecule has 4 nitrogen and oxygen atoms in total. The molecule has 0 atom stereocenters. The number of likely N-dealkylation sites (N-methyl/N-ethyl adjacent to an activating group) is 1. The van der Waals surface area contributed by atoms with Crippen LogP contribution in [-0.2, 0) is 9.84 Å². The van der Waals surface area contributed by atoms with Crippen molar-refractivity contribution < 1.29 is 22.0 Å². The molecule has 0 aromatic heterocycles. The maximum atomic E-state index is 13.7. The molecule has 0 radical (unpaired) electrons. The lowest BCUT2D eigenvalue weighted by Crippen LogP contribution is -2.21. The third-order valence-electron chi connectivity index (χ3n) is 2.06. The van der Waals surface area contributed by atoms with Crippen LogP contribution in [0.3, 0.4) is 0 Å². The molecule has 0 fully saturated rings. The van der Waals surface area contributed by atoms with E-state index in [1.54, 1.807) is 0 Å². The summed E-state index contributed by atoms with van der Waals surface area (Å²) in [7, 11) is -2.57. The lowest BCUT2D eigenvalue weighted by molar-refractivity contribution is 0.0989. The van der Waals surface area contributed by atoms with Crippen molar-refractivity contribution in [1.82, 2.24) is 5.32 Å².